The van der Waals surface area contributed by atoms with Crippen LogP contribution in [0.2, 0.25) is 4.34 Å². The van der Waals surface area contributed by atoms with Gasteiger partial charge in [-0.05, 0) is 36.1 Å². The van der Waals surface area contributed by atoms with Crippen molar-refractivity contribution in [2.75, 3.05) is 11.9 Å². The van der Waals surface area contributed by atoms with E-state index in [1.165, 1.54) is 23.6 Å². The number of nitrogens with zero attached hydrogens (tertiary/aromatic N) is 2. The lowest BCUT2D eigenvalue weighted by Crippen LogP contribution is -2.18. The van der Waals surface area contributed by atoms with Crippen LogP contribution in [0, 0.1) is 17.6 Å². The molecule has 29 heavy (non-hydrogen) atoms. The lowest BCUT2D eigenvalue weighted by atomic mass is 10.1. The van der Waals surface area contributed by atoms with Crippen molar-refractivity contribution in [1.82, 2.24) is 9.55 Å². The number of rotatable bonds is 8. The molecule has 2 aromatic heterocycles. The fraction of sp³-hybridized carbons (Fsp3) is 0.300. The van der Waals surface area contributed by atoms with Gasteiger partial charge in [0.05, 0.1) is 12.7 Å². The van der Waals surface area contributed by atoms with Gasteiger partial charge in [0.25, 0.3) is 5.91 Å². The average molecular weight is 440 g/mol. The van der Waals surface area contributed by atoms with E-state index in [9.17, 15) is 13.6 Å². The topological polar surface area (TPSA) is 56.2 Å². The van der Waals surface area contributed by atoms with Gasteiger partial charge in [-0.2, -0.15) is 0 Å². The van der Waals surface area contributed by atoms with Gasteiger partial charge < -0.3 is 9.30 Å². The second kappa shape index (κ2) is 9.37. The molecule has 0 aliphatic heterocycles. The standard InChI is InChI=1S/C20H20ClF2N3O2S/c1-12(2)7-13-8-17(19(27)25-20-24-10-18(21)29-20)26(11-13)5-6-28-14-3-4-15(22)16(23)9-14/h3-4,8-12H,5-7H2,1-2H3,(H,24,25,27). The minimum absolute atomic E-state index is 0.185. The molecule has 0 saturated heterocycles. The lowest BCUT2D eigenvalue weighted by Gasteiger charge is -2.10. The summed E-state index contributed by atoms with van der Waals surface area (Å²) in [6.07, 6.45) is 4.19. The highest BCUT2D eigenvalue weighted by Crippen LogP contribution is 2.24. The first-order chi connectivity index (χ1) is 13.8. The Balaban J connectivity index is 1.72. The Kier molecular flexibility index (Phi) is 6.87. The lowest BCUT2D eigenvalue weighted by molar-refractivity contribution is 0.101. The van der Waals surface area contributed by atoms with Gasteiger partial charge >= 0.3 is 0 Å². The van der Waals surface area contributed by atoms with E-state index >= 15 is 0 Å². The van der Waals surface area contributed by atoms with Gasteiger partial charge in [0.2, 0.25) is 0 Å². The molecular weight excluding hydrogens is 420 g/mol. The number of hydrogen-bond donors (Lipinski definition) is 1. The van der Waals surface area contributed by atoms with Gasteiger partial charge in [-0.15, -0.1) is 0 Å². The zero-order valence-electron chi connectivity index (χ0n) is 15.9. The molecule has 0 aliphatic rings. The summed E-state index contributed by atoms with van der Waals surface area (Å²) in [5, 5.41) is 3.15. The van der Waals surface area contributed by atoms with Crippen molar-refractivity contribution in [2.24, 2.45) is 5.92 Å². The van der Waals surface area contributed by atoms with Crippen molar-refractivity contribution in [3.63, 3.8) is 0 Å². The molecular formula is C20H20ClF2N3O2S. The summed E-state index contributed by atoms with van der Waals surface area (Å²) in [6.45, 7) is 4.74. The van der Waals surface area contributed by atoms with Crippen molar-refractivity contribution in [2.45, 2.75) is 26.8 Å². The Morgan fingerprint density at radius 1 is 1.31 bits per heavy atom. The van der Waals surface area contributed by atoms with E-state index in [1.807, 2.05) is 12.3 Å². The Hall–Kier alpha value is -2.45. The highest BCUT2D eigenvalue weighted by molar-refractivity contribution is 7.19. The molecule has 1 aromatic carbocycles. The van der Waals surface area contributed by atoms with Gasteiger partial charge in [-0.3, -0.25) is 10.1 Å². The smallest absolute Gasteiger partial charge is 0.274 e. The van der Waals surface area contributed by atoms with Crippen LogP contribution in [-0.2, 0) is 13.0 Å². The van der Waals surface area contributed by atoms with Crippen molar-refractivity contribution in [1.29, 1.82) is 0 Å². The second-order valence-electron chi connectivity index (χ2n) is 6.87. The van der Waals surface area contributed by atoms with Gasteiger partial charge in [0.1, 0.15) is 22.4 Å². The minimum atomic E-state index is -0.968. The molecule has 0 bridgehead atoms. The summed E-state index contributed by atoms with van der Waals surface area (Å²) < 4.78 is 34.1. The number of benzene rings is 1. The number of hydrogen-bond acceptors (Lipinski definition) is 4. The van der Waals surface area contributed by atoms with Crippen LogP contribution in [0.1, 0.15) is 29.9 Å². The molecule has 0 radical (unpaired) electrons. The first-order valence-electron chi connectivity index (χ1n) is 9.01. The zero-order chi connectivity index (χ0) is 21.0. The molecule has 5 nitrogen and oxygen atoms in total. The van der Waals surface area contributed by atoms with E-state index in [0.717, 1.165) is 24.1 Å². The fourth-order valence-corrected chi connectivity index (χ4v) is 3.64. The van der Waals surface area contributed by atoms with Crippen LogP contribution in [0.3, 0.4) is 0 Å². The van der Waals surface area contributed by atoms with Crippen LogP contribution in [0.4, 0.5) is 13.9 Å². The third-order valence-corrected chi connectivity index (χ3v) is 5.05. The summed E-state index contributed by atoms with van der Waals surface area (Å²) in [6, 6.07) is 5.20. The third-order valence-electron chi connectivity index (χ3n) is 4.02. The van der Waals surface area contributed by atoms with E-state index in [0.29, 0.717) is 27.6 Å². The number of nitrogens with one attached hydrogen (secondary N) is 1. The normalized spacial score (nSPS) is 11.1. The first kappa shape index (κ1) is 21.3. The van der Waals surface area contributed by atoms with E-state index < -0.39 is 11.6 Å². The predicted octanol–water partition coefficient (Wildman–Crippen LogP) is 5.41. The monoisotopic (exact) mass is 439 g/mol. The summed E-state index contributed by atoms with van der Waals surface area (Å²) >= 11 is 7.04. The van der Waals surface area contributed by atoms with Crippen molar-refractivity contribution in [3.8, 4) is 5.75 Å². The maximum Gasteiger partial charge on any atom is 0.274 e. The van der Waals surface area contributed by atoms with E-state index in [1.54, 1.807) is 4.57 Å². The molecule has 3 aromatic rings. The molecule has 0 fully saturated rings. The quantitative estimate of drug-likeness (QED) is 0.510. The van der Waals surface area contributed by atoms with Crippen LogP contribution >= 0.6 is 22.9 Å². The zero-order valence-corrected chi connectivity index (χ0v) is 17.5. The van der Waals surface area contributed by atoms with Gasteiger partial charge in [0.15, 0.2) is 16.8 Å². The molecule has 1 N–H and O–H groups in total. The Bertz CT molecular complexity index is 1000. The van der Waals surface area contributed by atoms with Crippen molar-refractivity contribution in [3.05, 3.63) is 63.9 Å². The van der Waals surface area contributed by atoms with Crippen LogP contribution in [0.25, 0.3) is 0 Å². The molecule has 0 saturated carbocycles. The molecule has 2 heterocycles. The Morgan fingerprint density at radius 2 is 2.10 bits per heavy atom. The van der Waals surface area contributed by atoms with E-state index in [-0.39, 0.29) is 18.3 Å². The molecule has 154 valence electrons. The van der Waals surface area contributed by atoms with Crippen molar-refractivity contribution < 1.29 is 18.3 Å². The van der Waals surface area contributed by atoms with Gasteiger partial charge in [-0.1, -0.05) is 36.8 Å². The maximum atomic E-state index is 13.3. The van der Waals surface area contributed by atoms with Gasteiger partial charge in [-0.25, -0.2) is 13.8 Å². The number of amides is 1. The number of ether oxygens (including phenoxy) is 1. The Morgan fingerprint density at radius 3 is 2.76 bits per heavy atom. The molecule has 9 heteroatoms. The predicted molar refractivity (Wildman–Crippen MR) is 110 cm³/mol. The van der Waals surface area contributed by atoms with Crippen molar-refractivity contribution >= 4 is 34.0 Å². The fourth-order valence-electron chi connectivity index (χ4n) is 2.83. The summed E-state index contributed by atoms with van der Waals surface area (Å²) in [7, 11) is 0. The van der Waals surface area contributed by atoms with Crippen LogP contribution < -0.4 is 10.1 Å². The number of thiazole rings is 1. The van der Waals surface area contributed by atoms with Crippen LogP contribution in [0.15, 0.2) is 36.7 Å². The van der Waals surface area contributed by atoms with E-state index in [2.05, 4.69) is 24.1 Å². The number of aromatic nitrogens is 2. The minimum Gasteiger partial charge on any atom is -0.492 e. The third kappa shape index (κ3) is 5.77. The molecule has 3 rings (SSSR count). The maximum absolute atomic E-state index is 13.3. The van der Waals surface area contributed by atoms with Crippen LogP contribution in [-0.4, -0.2) is 22.1 Å². The molecule has 0 aliphatic carbocycles. The first-order valence-corrected chi connectivity index (χ1v) is 10.2. The van der Waals surface area contributed by atoms with Crippen LogP contribution in [0.5, 0.6) is 5.75 Å². The largest absolute Gasteiger partial charge is 0.492 e. The van der Waals surface area contributed by atoms with E-state index in [4.69, 9.17) is 16.3 Å². The molecule has 0 atom stereocenters. The van der Waals surface area contributed by atoms with Gasteiger partial charge in [0, 0.05) is 12.3 Å². The summed E-state index contributed by atoms with van der Waals surface area (Å²) in [5.74, 6) is -1.55. The number of carbonyl (C=O) groups is 1. The molecule has 0 unspecified atom stereocenters. The second-order valence-corrected chi connectivity index (χ2v) is 8.53. The summed E-state index contributed by atoms with van der Waals surface area (Å²) in [5.41, 5.74) is 1.48. The number of halogens is 3. The number of anilines is 1. The number of carbonyl (C=O) groups excluding carboxylic acids is 1. The Labute approximate surface area is 176 Å². The average Bonchev–Trinajstić information content (AvgIpc) is 3.23. The highest BCUT2D eigenvalue weighted by Gasteiger charge is 2.16. The highest BCUT2D eigenvalue weighted by atomic mass is 35.5. The molecule has 1 amide bonds. The molecule has 0 spiro atoms. The summed E-state index contributed by atoms with van der Waals surface area (Å²) in [4.78, 5) is 16.8. The SMILES string of the molecule is CC(C)Cc1cc(C(=O)Nc2ncc(Cl)s2)n(CCOc2ccc(F)c(F)c2)c1.